The van der Waals surface area contributed by atoms with Gasteiger partial charge in [-0.05, 0) is 31.6 Å². The largest absolute Gasteiger partial charge is 0.397 e. The van der Waals surface area contributed by atoms with E-state index in [0.29, 0.717) is 22.1 Å². The van der Waals surface area contributed by atoms with Gasteiger partial charge in [-0.15, -0.1) is 11.3 Å². The van der Waals surface area contributed by atoms with Gasteiger partial charge in [0.15, 0.2) is 0 Å². The summed E-state index contributed by atoms with van der Waals surface area (Å²) in [5.41, 5.74) is 6.52. The first-order chi connectivity index (χ1) is 9.65. The lowest BCUT2D eigenvalue weighted by Gasteiger charge is -2.04. The molecule has 0 fully saturated rings. The molecule has 1 amide bonds. The number of rotatable bonds is 6. The Balaban J connectivity index is 2.07. The molecule has 0 unspecified atom stereocenters. The van der Waals surface area contributed by atoms with E-state index >= 15 is 0 Å². The lowest BCUT2D eigenvalue weighted by atomic mass is 10.2. The van der Waals surface area contributed by atoms with Gasteiger partial charge in [0.1, 0.15) is 4.88 Å². The van der Waals surface area contributed by atoms with Gasteiger partial charge < -0.3 is 16.4 Å². The van der Waals surface area contributed by atoms with Crippen molar-refractivity contribution in [2.24, 2.45) is 0 Å². The highest BCUT2D eigenvalue weighted by Crippen LogP contribution is 2.37. The first kappa shape index (κ1) is 15.1. The second kappa shape index (κ2) is 6.92. The molecule has 0 radical (unpaired) electrons. The predicted molar refractivity (Wildman–Crippen MR) is 86.7 cm³/mol. The van der Waals surface area contributed by atoms with Crippen LogP contribution in [0.2, 0.25) is 5.02 Å². The maximum absolute atomic E-state index is 12.1. The molecular weight excluding hydrogens is 294 g/mol. The van der Waals surface area contributed by atoms with E-state index in [4.69, 9.17) is 17.3 Å². The van der Waals surface area contributed by atoms with Crippen LogP contribution in [-0.4, -0.2) is 25.5 Å². The summed E-state index contributed by atoms with van der Waals surface area (Å²) in [7, 11) is 0. The molecule has 1 aromatic carbocycles. The van der Waals surface area contributed by atoms with Gasteiger partial charge in [-0.3, -0.25) is 4.79 Å². The third-order valence-corrected chi connectivity index (χ3v) is 4.46. The Labute approximate surface area is 127 Å². The maximum atomic E-state index is 12.1. The first-order valence-electron chi connectivity index (χ1n) is 6.60. The molecule has 0 aliphatic carbocycles. The molecule has 4 nitrogen and oxygen atoms in total. The number of nitrogens with one attached hydrogen (secondary N) is 2. The number of halogens is 1. The minimum Gasteiger partial charge on any atom is -0.397 e. The van der Waals surface area contributed by atoms with Gasteiger partial charge in [0.2, 0.25) is 0 Å². The molecule has 108 valence electrons. The minimum atomic E-state index is -0.128. The van der Waals surface area contributed by atoms with Crippen molar-refractivity contribution in [3.63, 3.8) is 0 Å². The molecule has 1 aromatic heterocycles. The summed E-state index contributed by atoms with van der Waals surface area (Å²) in [6.45, 7) is 4.52. The molecule has 0 atom stereocenters. The van der Waals surface area contributed by atoms with Crippen LogP contribution in [0.1, 0.15) is 23.0 Å². The van der Waals surface area contributed by atoms with Crippen molar-refractivity contribution in [1.29, 1.82) is 0 Å². The smallest absolute Gasteiger partial charge is 0.263 e. The number of amides is 1. The SMILES string of the molecule is CCNCCCNC(=O)c1sc2cccc(Cl)c2c1N. The van der Waals surface area contributed by atoms with E-state index in [1.165, 1.54) is 11.3 Å². The standard InChI is InChI=1S/C14H18ClN3OS/c1-2-17-7-4-8-18-14(19)13-12(16)11-9(15)5-3-6-10(11)20-13/h3,5-6,17H,2,4,7-8,16H2,1H3,(H,18,19). The van der Waals surface area contributed by atoms with Crippen LogP contribution >= 0.6 is 22.9 Å². The van der Waals surface area contributed by atoms with Gasteiger partial charge in [-0.2, -0.15) is 0 Å². The normalized spacial score (nSPS) is 10.9. The van der Waals surface area contributed by atoms with Gasteiger partial charge in [0.05, 0.1) is 10.7 Å². The van der Waals surface area contributed by atoms with Crippen molar-refractivity contribution in [2.75, 3.05) is 25.4 Å². The highest BCUT2D eigenvalue weighted by atomic mass is 35.5. The minimum absolute atomic E-state index is 0.128. The number of hydrogen-bond acceptors (Lipinski definition) is 4. The zero-order chi connectivity index (χ0) is 14.5. The summed E-state index contributed by atoms with van der Waals surface area (Å²) in [6.07, 6.45) is 0.894. The van der Waals surface area contributed by atoms with Crippen LogP contribution in [0.3, 0.4) is 0 Å². The van der Waals surface area contributed by atoms with Crippen LogP contribution in [0.25, 0.3) is 10.1 Å². The van der Waals surface area contributed by atoms with Gasteiger partial charge in [0, 0.05) is 16.6 Å². The highest BCUT2D eigenvalue weighted by Gasteiger charge is 2.17. The molecule has 0 spiro atoms. The molecule has 2 rings (SSSR count). The second-order valence-corrected chi connectivity index (χ2v) is 5.88. The highest BCUT2D eigenvalue weighted by molar-refractivity contribution is 7.21. The van der Waals surface area contributed by atoms with Gasteiger partial charge in [-0.1, -0.05) is 24.6 Å². The molecule has 20 heavy (non-hydrogen) atoms. The number of carbonyl (C=O) groups excluding carboxylic acids is 1. The molecule has 2 aromatic rings. The van der Waals surface area contributed by atoms with E-state index in [-0.39, 0.29) is 5.91 Å². The Bertz CT molecular complexity index is 612. The number of nitrogens with two attached hydrogens (primary N) is 1. The lowest BCUT2D eigenvalue weighted by molar-refractivity contribution is 0.0958. The topological polar surface area (TPSA) is 67.1 Å². The third kappa shape index (κ3) is 3.23. The molecule has 4 N–H and O–H groups in total. The quantitative estimate of drug-likeness (QED) is 0.719. The van der Waals surface area contributed by atoms with Crippen molar-refractivity contribution < 1.29 is 4.79 Å². The van der Waals surface area contributed by atoms with Crippen LogP contribution in [0, 0.1) is 0 Å². The number of benzene rings is 1. The van der Waals surface area contributed by atoms with Gasteiger partial charge in [0.25, 0.3) is 5.91 Å². The van der Waals surface area contributed by atoms with Crippen molar-refractivity contribution >= 4 is 44.6 Å². The monoisotopic (exact) mass is 311 g/mol. The fourth-order valence-electron chi connectivity index (χ4n) is 1.97. The zero-order valence-electron chi connectivity index (χ0n) is 11.3. The van der Waals surface area contributed by atoms with E-state index in [1.54, 1.807) is 6.07 Å². The summed E-state index contributed by atoms with van der Waals surface area (Å²) >= 11 is 7.51. The lowest BCUT2D eigenvalue weighted by Crippen LogP contribution is -2.27. The van der Waals surface area contributed by atoms with Crippen molar-refractivity contribution in [3.05, 3.63) is 28.1 Å². The molecule has 0 aliphatic rings. The molecule has 6 heteroatoms. The Morgan fingerprint density at radius 2 is 2.20 bits per heavy atom. The Morgan fingerprint density at radius 3 is 2.90 bits per heavy atom. The number of carbonyl (C=O) groups is 1. The molecule has 0 bridgehead atoms. The van der Waals surface area contributed by atoms with Crippen LogP contribution in [0.5, 0.6) is 0 Å². The fraction of sp³-hybridized carbons (Fsp3) is 0.357. The summed E-state index contributed by atoms with van der Waals surface area (Å²) in [4.78, 5) is 12.7. The summed E-state index contributed by atoms with van der Waals surface area (Å²) in [5, 5.41) is 7.46. The maximum Gasteiger partial charge on any atom is 0.263 e. The Kier molecular flexibility index (Phi) is 5.23. The van der Waals surface area contributed by atoms with Crippen LogP contribution in [0.4, 0.5) is 5.69 Å². The molecular formula is C14H18ClN3OS. The number of fused-ring (bicyclic) bond motifs is 1. The molecule has 0 saturated carbocycles. The number of anilines is 1. The summed E-state index contributed by atoms with van der Waals surface area (Å²) in [6, 6.07) is 5.56. The van der Waals surface area contributed by atoms with E-state index < -0.39 is 0 Å². The number of nitrogen functional groups attached to an aromatic ring is 1. The summed E-state index contributed by atoms with van der Waals surface area (Å²) < 4.78 is 0.938. The number of hydrogen-bond donors (Lipinski definition) is 3. The van der Waals surface area contributed by atoms with Crippen molar-refractivity contribution in [3.8, 4) is 0 Å². The van der Waals surface area contributed by atoms with E-state index in [1.807, 2.05) is 12.1 Å². The molecule has 0 aliphatic heterocycles. The van der Waals surface area contributed by atoms with Crippen LogP contribution in [-0.2, 0) is 0 Å². The van der Waals surface area contributed by atoms with E-state index in [9.17, 15) is 4.79 Å². The average Bonchev–Trinajstić information content (AvgIpc) is 2.77. The van der Waals surface area contributed by atoms with Crippen LogP contribution in [0.15, 0.2) is 18.2 Å². The van der Waals surface area contributed by atoms with Crippen molar-refractivity contribution in [2.45, 2.75) is 13.3 Å². The Hall–Kier alpha value is -1.30. The second-order valence-electron chi connectivity index (χ2n) is 4.42. The van der Waals surface area contributed by atoms with E-state index in [2.05, 4.69) is 17.6 Å². The molecule has 1 heterocycles. The summed E-state index contributed by atoms with van der Waals surface area (Å²) in [5.74, 6) is -0.128. The van der Waals surface area contributed by atoms with E-state index in [0.717, 1.165) is 29.6 Å². The van der Waals surface area contributed by atoms with Crippen molar-refractivity contribution in [1.82, 2.24) is 10.6 Å². The number of thiophene rings is 1. The Morgan fingerprint density at radius 1 is 1.40 bits per heavy atom. The third-order valence-electron chi connectivity index (χ3n) is 2.97. The zero-order valence-corrected chi connectivity index (χ0v) is 12.9. The molecule has 0 saturated heterocycles. The van der Waals surface area contributed by atoms with Gasteiger partial charge >= 0.3 is 0 Å². The van der Waals surface area contributed by atoms with Crippen LogP contribution < -0.4 is 16.4 Å². The van der Waals surface area contributed by atoms with Gasteiger partial charge in [-0.25, -0.2) is 0 Å². The average molecular weight is 312 g/mol. The fourth-order valence-corrected chi connectivity index (χ4v) is 3.37. The predicted octanol–water partition coefficient (Wildman–Crippen LogP) is 2.87. The first-order valence-corrected chi connectivity index (χ1v) is 7.80.